The van der Waals surface area contributed by atoms with Gasteiger partial charge in [-0.3, -0.25) is 0 Å². The number of hydrogen-bond acceptors (Lipinski definition) is 0. The van der Waals surface area contributed by atoms with Gasteiger partial charge >= 0.3 is 81.4 Å². The van der Waals surface area contributed by atoms with E-state index in [4.69, 9.17) is 25.7 Å². The van der Waals surface area contributed by atoms with Gasteiger partial charge in [-0.15, -0.1) is 0 Å². The van der Waals surface area contributed by atoms with Gasteiger partial charge in [-0.25, -0.2) is 0 Å². The molecule has 5 heavy (non-hydrogen) atoms. The summed E-state index contributed by atoms with van der Waals surface area (Å²) in [5.41, 5.74) is 0. The number of halogens is 3. The van der Waals surface area contributed by atoms with Gasteiger partial charge in [0.05, 0.1) is 0 Å². The van der Waals surface area contributed by atoms with Crippen LogP contribution in [0.2, 0.25) is 0 Å². The van der Waals surface area contributed by atoms with Crippen LogP contribution in [0.3, 0.4) is 0 Å². The van der Waals surface area contributed by atoms with E-state index in [0.717, 1.165) is 0 Å². The minimum atomic E-state index is -2.22. The van der Waals surface area contributed by atoms with Gasteiger partial charge < -0.3 is 0 Å². The van der Waals surface area contributed by atoms with E-state index < -0.39 is 17.9 Å². The number of rotatable bonds is 0. The number of hydrogen-bond donors (Lipinski definition) is 0. The molecule has 0 atom stereocenters. The van der Waals surface area contributed by atoms with Crippen LogP contribution in [0.1, 0.15) is 0 Å². The molecule has 5 heteroatoms. The van der Waals surface area contributed by atoms with Crippen molar-refractivity contribution in [1.29, 1.82) is 0 Å². The summed E-state index contributed by atoms with van der Waals surface area (Å²) in [6.07, 6.45) is 0. The Labute approximate surface area is 79.4 Å². The summed E-state index contributed by atoms with van der Waals surface area (Å²) in [5.74, 6) is 0. The van der Waals surface area contributed by atoms with E-state index in [1.807, 2.05) is 0 Å². The maximum atomic E-state index is 5.02. The van der Waals surface area contributed by atoms with Crippen LogP contribution < -0.4 is 0 Å². The molecule has 0 fully saturated rings. The Morgan fingerprint density at radius 3 is 1.00 bits per heavy atom. The quantitative estimate of drug-likeness (QED) is 0.566. The van der Waals surface area contributed by atoms with Gasteiger partial charge in [-0.1, -0.05) is 0 Å². The van der Waals surface area contributed by atoms with Crippen LogP contribution in [0, 0.1) is 0 Å². The first kappa shape index (κ1) is 10.9. The van der Waals surface area contributed by atoms with Crippen molar-refractivity contribution in [3.8, 4) is 0 Å². The summed E-state index contributed by atoms with van der Waals surface area (Å²) in [6, 6.07) is 0. The molecule has 0 spiro atoms. The van der Waals surface area contributed by atoms with E-state index in [1.165, 1.54) is 0 Å². The van der Waals surface area contributed by atoms with Crippen molar-refractivity contribution in [1.82, 2.24) is 0 Å². The van der Waals surface area contributed by atoms with E-state index in [9.17, 15) is 0 Å². The zero-order valence-corrected chi connectivity index (χ0v) is 7.27. The van der Waals surface area contributed by atoms with E-state index >= 15 is 0 Å². The molecule has 0 heterocycles. The normalized spacial score (nSPS) is 5.40. The second-order valence-corrected chi connectivity index (χ2v) is 14.9. The Hall–Kier alpha value is 3.00. The molecule has 0 aromatic carbocycles. The molecule has 28 valence electrons. The minimum absolute atomic E-state index is 0. The average Bonchev–Trinajstić information content (AvgIpc) is 0.811. The van der Waals surface area contributed by atoms with Crippen molar-refractivity contribution in [2.45, 2.75) is 0 Å². The topological polar surface area (TPSA) is 0 Å². The third kappa shape index (κ3) is 19.4. The molecule has 0 saturated carbocycles. The first-order valence-electron chi connectivity index (χ1n) is 0.655. The van der Waals surface area contributed by atoms with Crippen molar-refractivity contribution >= 4 is 81.4 Å². The Morgan fingerprint density at radius 1 is 1.00 bits per heavy atom. The molecule has 0 unspecified atom stereocenters. The maximum absolute atomic E-state index is 5.02. The molecule has 0 N–H and O–H groups in total. The summed E-state index contributed by atoms with van der Waals surface area (Å²) in [7, 11) is 15.0. The Balaban J connectivity index is 0. The predicted molar refractivity (Wildman–Crippen MR) is 31.9 cm³/mol. The molecule has 0 amide bonds. The molecule has 0 radical (unpaired) electrons. The zero-order chi connectivity index (χ0) is 3.58. The molecule has 0 aromatic rings. The fourth-order valence-electron chi connectivity index (χ4n) is 0. The third-order valence-corrected chi connectivity index (χ3v) is 0. The van der Waals surface area contributed by atoms with Crippen LogP contribution in [0.4, 0.5) is 0 Å². The van der Waals surface area contributed by atoms with Crippen LogP contribution in [-0.2, 0) is 0 Å². The summed E-state index contributed by atoms with van der Waals surface area (Å²) in [5, 5.41) is 0. The van der Waals surface area contributed by atoms with E-state index in [0.29, 0.717) is 0 Å². The molecular weight excluding hydrogens is 261 g/mol. The molecule has 0 rings (SSSR count). The third-order valence-electron chi connectivity index (χ3n) is 0. The average molecular weight is 263 g/mol. The molecule has 0 aliphatic rings. The summed E-state index contributed by atoms with van der Waals surface area (Å²) in [4.78, 5) is 0. The van der Waals surface area contributed by atoms with Gasteiger partial charge in [-0.05, 0) is 0 Å². The van der Waals surface area contributed by atoms with Gasteiger partial charge in [0.25, 0.3) is 0 Å². The SMILES string of the molecule is [CaH2].[Cl][In]([Cl])[Cl]. The monoisotopic (exact) mass is 262 g/mol. The molecule has 0 aliphatic heterocycles. The van der Waals surface area contributed by atoms with Gasteiger partial charge in [0, 0.05) is 0 Å². The molecular formula is H2CaCl3In. The first-order chi connectivity index (χ1) is 1.73. The van der Waals surface area contributed by atoms with Crippen molar-refractivity contribution < 1.29 is 0 Å². The molecule has 0 aliphatic carbocycles. The second kappa shape index (κ2) is 7.00. The van der Waals surface area contributed by atoms with Crippen molar-refractivity contribution in [2.24, 2.45) is 0 Å². The Bertz CT molecular complexity index is 11.6. The Morgan fingerprint density at radius 2 is 1.00 bits per heavy atom. The van der Waals surface area contributed by atoms with Crippen LogP contribution in [-0.4, -0.2) is 55.6 Å². The molecule has 0 nitrogen and oxygen atoms in total. The van der Waals surface area contributed by atoms with Gasteiger partial charge in [-0.2, -0.15) is 0 Å². The summed E-state index contributed by atoms with van der Waals surface area (Å²) < 4.78 is 0. The standard InChI is InChI=1S/Ca.3ClH.In.2H/h;3*1H;;;/q;;;;+3;;/p-3. The molecule has 0 aromatic heterocycles. The van der Waals surface area contributed by atoms with Crippen molar-refractivity contribution in [3.05, 3.63) is 0 Å². The van der Waals surface area contributed by atoms with Crippen LogP contribution in [0.15, 0.2) is 0 Å². The van der Waals surface area contributed by atoms with E-state index in [2.05, 4.69) is 0 Å². The Kier molecular flexibility index (Phi) is 15.2. The predicted octanol–water partition coefficient (Wildman–Crippen LogP) is 0.771. The molecule has 0 bridgehead atoms. The van der Waals surface area contributed by atoms with Gasteiger partial charge in [0.1, 0.15) is 0 Å². The van der Waals surface area contributed by atoms with Crippen LogP contribution >= 0.6 is 25.7 Å². The summed E-state index contributed by atoms with van der Waals surface area (Å²) in [6.45, 7) is 0. The van der Waals surface area contributed by atoms with E-state index in [-0.39, 0.29) is 37.7 Å². The second-order valence-electron chi connectivity index (χ2n) is 0.247. The fourth-order valence-corrected chi connectivity index (χ4v) is 0. The van der Waals surface area contributed by atoms with Crippen molar-refractivity contribution in [2.75, 3.05) is 0 Å². The zero-order valence-electron chi connectivity index (χ0n) is 1.71. The molecule has 0 saturated heterocycles. The van der Waals surface area contributed by atoms with Crippen LogP contribution in [0.25, 0.3) is 0 Å². The first-order valence-corrected chi connectivity index (χ1v) is 13.2. The summed E-state index contributed by atoms with van der Waals surface area (Å²) >= 11 is -2.22. The fraction of sp³-hybridized carbons (Fsp3) is 0. The van der Waals surface area contributed by atoms with Gasteiger partial charge in [0.2, 0.25) is 0 Å². The van der Waals surface area contributed by atoms with Gasteiger partial charge in [0.15, 0.2) is 0 Å². The van der Waals surface area contributed by atoms with Crippen LogP contribution in [0.5, 0.6) is 0 Å². The van der Waals surface area contributed by atoms with Crippen molar-refractivity contribution in [3.63, 3.8) is 0 Å². The van der Waals surface area contributed by atoms with E-state index in [1.54, 1.807) is 0 Å².